The minimum atomic E-state index is 0. The summed E-state index contributed by atoms with van der Waals surface area (Å²) in [7, 11) is 0. The summed E-state index contributed by atoms with van der Waals surface area (Å²) in [6.07, 6.45) is 4.56. The summed E-state index contributed by atoms with van der Waals surface area (Å²) < 4.78 is 15.1. The van der Waals surface area contributed by atoms with Crippen LogP contribution in [0.3, 0.4) is 0 Å². The molecule has 10 aromatic rings. The molecular weight excluding hydrogens is 991 g/mol. The van der Waals surface area contributed by atoms with E-state index in [1.54, 1.807) is 0 Å². The van der Waals surface area contributed by atoms with Crippen molar-refractivity contribution in [3.63, 3.8) is 0 Å². The zero-order valence-electron chi connectivity index (χ0n) is 38.7. The van der Waals surface area contributed by atoms with Gasteiger partial charge in [0.2, 0.25) is 0 Å². The Kier molecular flexibility index (Phi) is 13.8. The summed E-state index contributed by atoms with van der Waals surface area (Å²) in [5.74, 6) is 3.00. The van der Waals surface area contributed by atoms with E-state index < -0.39 is 0 Å². The van der Waals surface area contributed by atoms with E-state index in [1.165, 1.54) is 12.8 Å². The third kappa shape index (κ3) is 8.44. The zero-order chi connectivity index (χ0) is 43.3. The summed E-state index contributed by atoms with van der Waals surface area (Å²) in [5.41, 5.74) is 11.3. The van der Waals surface area contributed by atoms with Gasteiger partial charge >= 0.3 is 0 Å². The molecule has 1 saturated carbocycles. The Morgan fingerprint density at radius 3 is 1.10 bits per heavy atom. The third-order valence-corrected chi connectivity index (χ3v) is 13.6. The first-order chi connectivity index (χ1) is 31.4. The minimum absolute atomic E-state index is 0. The molecule has 4 N–H and O–H groups in total. The van der Waals surface area contributed by atoms with Crippen molar-refractivity contribution in [2.75, 3.05) is 13.2 Å². The Morgan fingerprint density at radius 1 is 0.433 bits per heavy atom. The van der Waals surface area contributed by atoms with Gasteiger partial charge in [0.25, 0.3) is 11.5 Å². The van der Waals surface area contributed by atoms with E-state index >= 15 is 0 Å². The molecule has 11 rings (SSSR count). The van der Waals surface area contributed by atoms with Gasteiger partial charge in [-0.1, -0.05) is 110 Å². The fourth-order valence-corrected chi connectivity index (χ4v) is 10.5. The van der Waals surface area contributed by atoms with Crippen molar-refractivity contribution in [2.24, 2.45) is 11.8 Å². The summed E-state index contributed by atoms with van der Waals surface area (Å²) in [6.45, 7) is 5.57. The Bertz CT molecular complexity index is 3050. The third-order valence-electron chi connectivity index (χ3n) is 13.6. The number of fused-ring (bicyclic) bond motifs is 6. The molecule has 0 bridgehead atoms. The number of phenols is 2. The van der Waals surface area contributed by atoms with Crippen molar-refractivity contribution >= 4 is 43.6 Å². The molecule has 2 heterocycles. The van der Waals surface area contributed by atoms with Gasteiger partial charge in [-0.2, -0.15) is 0 Å². The van der Waals surface area contributed by atoms with Crippen LogP contribution in [0.2, 0.25) is 0 Å². The van der Waals surface area contributed by atoms with Crippen molar-refractivity contribution in [1.29, 1.82) is 0 Å². The zero-order valence-corrected chi connectivity index (χ0v) is 42.3. The van der Waals surface area contributed by atoms with Crippen LogP contribution in [-0.2, 0) is 25.8 Å². The van der Waals surface area contributed by atoms with Crippen LogP contribution in [0.25, 0.3) is 77.2 Å². The van der Waals surface area contributed by atoms with Crippen LogP contribution < -0.4 is 0 Å². The summed E-state index contributed by atoms with van der Waals surface area (Å²) in [4.78, 5) is 0. The van der Waals surface area contributed by atoms with E-state index in [1.807, 2.05) is 24.3 Å². The van der Waals surface area contributed by atoms with Crippen LogP contribution in [0.15, 0.2) is 170 Å². The largest absolute Gasteiger partial charge is 0.582 e. The number of hydrogen-bond acceptors (Lipinski definition) is 2. The number of phenolic OH excluding ortho intramolecular Hbond substituents is 2. The molecule has 1 aliphatic rings. The number of aliphatic hydroxyl groups is 2. The molecule has 1 fully saturated rings. The van der Waals surface area contributed by atoms with Gasteiger partial charge in [0.1, 0.15) is 11.5 Å². The monoisotopic (exact) mass is 1050 g/mol. The molecule has 0 amide bonds. The molecule has 8 aromatic carbocycles. The Morgan fingerprint density at radius 2 is 0.746 bits per heavy atom. The predicted molar refractivity (Wildman–Crippen MR) is 277 cm³/mol. The topological polar surface area (TPSA) is 75.9 Å². The van der Waals surface area contributed by atoms with E-state index in [-0.39, 0.29) is 52.2 Å². The van der Waals surface area contributed by atoms with E-state index in [9.17, 15) is 10.2 Å². The maximum Gasteiger partial charge on any atom is 0.262 e. The van der Waals surface area contributed by atoms with E-state index in [0.717, 1.165) is 113 Å². The second kappa shape index (κ2) is 19.7. The predicted octanol–water partition coefficient (Wildman–Crippen LogP) is 15.1. The molecule has 336 valence electrons. The van der Waals surface area contributed by atoms with Crippen LogP contribution in [-0.4, -0.2) is 42.0 Å². The molecule has 67 heavy (non-hydrogen) atoms. The quantitative estimate of drug-likeness (QED) is 0.0813. The fraction of sp³-hybridized carbons (Fsp3) is 0.167. The number of hydrogen-bond donors (Lipinski definition) is 2. The van der Waals surface area contributed by atoms with E-state index in [0.29, 0.717) is 25.0 Å². The molecule has 0 saturated heterocycles. The molecule has 7 heteroatoms. The standard InChI is InChI=1S/C58H50N2O4.2CH3.Hf/c1-37-31-47(57(61)53(33-37)59-49-25-11-5-19-41(49)42-20-6-12-26-50(42)59)45-23-9-15-29-55(45)63-35-39-17-3-4-18-40(39)36-64-56-30-16-10-24-46(56)48-32-38(2)34-54(58(48)62)60-51-27-13-7-21-43(51)44-22-8-14-28-52(44)60;;;/h5-16,19-34,39-40,61-62H,3-4,17-18,35-36H2,1-2H3;2*1H3;/q;2*-1;/p+2. The van der Waals surface area contributed by atoms with Crippen LogP contribution in [0.4, 0.5) is 0 Å². The number of benzene rings is 8. The van der Waals surface area contributed by atoms with Crippen molar-refractivity contribution in [2.45, 2.75) is 39.5 Å². The Balaban J connectivity index is 0.00000203. The van der Waals surface area contributed by atoms with Crippen molar-refractivity contribution in [3.05, 3.63) is 196 Å². The van der Waals surface area contributed by atoms with Crippen LogP contribution in [0.5, 0.6) is 23.0 Å². The van der Waals surface area contributed by atoms with Gasteiger partial charge in [0.05, 0.1) is 44.6 Å². The molecular formula is C60H58HfN2O4. The number of aromatic hydroxyl groups is 4. The van der Waals surface area contributed by atoms with Gasteiger partial charge in [0, 0.05) is 82.5 Å². The second-order valence-corrected chi connectivity index (χ2v) is 17.6. The SMILES string of the molecule is Cc1cc(-c2ccccc2[OH+]CC2CCCCC2C[OH+]c2ccccc2-c2cc(C)cc(-n3c4ccccc4c4ccccc43)c2O)c(O)c(-n2c3ccccc3c3ccccc32)c1.[CH3-].[CH3-].[Hf]. The average Bonchev–Trinajstić information content (AvgIpc) is 3.85. The number of para-hydroxylation sites is 6. The average molecular weight is 1050 g/mol. The fourth-order valence-electron chi connectivity index (χ4n) is 10.5. The first-order valence-corrected chi connectivity index (χ1v) is 22.6. The van der Waals surface area contributed by atoms with Crippen molar-refractivity contribution in [1.82, 2.24) is 9.13 Å². The summed E-state index contributed by atoms with van der Waals surface area (Å²) in [5, 5.41) is 29.1. The van der Waals surface area contributed by atoms with Crippen LogP contribution >= 0.6 is 0 Å². The molecule has 2 atom stereocenters. The molecule has 0 radical (unpaired) electrons. The van der Waals surface area contributed by atoms with E-state index in [4.69, 9.17) is 9.47 Å². The van der Waals surface area contributed by atoms with Gasteiger partial charge in [-0.15, -0.1) is 0 Å². The molecule has 6 nitrogen and oxygen atoms in total. The van der Waals surface area contributed by atoms with E-state index in [2.05, 4.69) is 169 Å². The Hall–Kier alpha value is -6.57. The van der Waals surface area contributed by atoms with Crippen molar-refractivity contribution < 1.29 is 45.5 Å². The normalized spacial score (nSPS) is 14.7. The molecule has 0 aliphatic heterocycles. The van der Waals surface area contributed by atoms with Gasteiger partial charge in [-0.05, 0) is 98.5 Å². The number of aromatic nitrogens is 2. The second-order valence-electron chi connectivity index (χ2n) is 17.6. The first-order valence-electron chi connectivity index (χ1n) is 22.6. The maximum atomic E-state index is 12.2. The van der Waals surface area contributed by atoms with Gasteiger partial charge in [0.15, 0.2) is 13.2 Å². The Labute approximate surface area is 412 Å². The van der Waals surface area contributed by atoms with Crippen LogP contribution in [0.1, 0.15) is 36.8 Å². The van der Waals surface area contributed by atoms with Gasteiger partial charge in [-0.25, -0.2) is 0 Å². The molecule has 1 aliphatic carbocycles. The van der Waals surface area contributed by atoms with Gasteiger partial charge < -0.3 is 43.7 Å². The molecule has 0 spiro atoms. The number of nitrogens with zero attached hydrogens (tertiary/aromatic N) is 2. The summed E-state index contributed by atoms with van der Waals surface area (Å²) >= 11 is 0. The number of aryl methyl sites for hydroxylation is 2. The maximum absolute atomic E-state index is 12.2. The summed E-state index contributed by atoms with van der Waals surface area (Å²) in [6, 6.07) is 58.4. The molecule has 2 unspecified atom stereocenters. The number of rotatable bonds is 10. The minimum Gasteiger partial charge on any atom is -0.582 e. The number of ether oxygens (including phenoxy) is 2. The smallest absolute Gasteiger partial charge is 0.262 e. The first kappa shape index (κ1) is 46.9. The van der Waals surface area contributed by atoms with Crippen LogP contribution in [0, 0.1) is 40.5 Å². The molecule has 2 aromatic heterocycles. The van der Waals surface area contributed by atoms with Gasteiger partial charge in [-0.3, -0.25) is 0 Å². The van der Waals surface area contributed by atoms with Crippen molar-refractivity contribution in [3.8, 4) is 56.6 Å².